The van der Waals surface area contributed by atoms with Crippen LogP contribution in [0.5, 0.6) is 0 Å². The van der Waals surface area contributed by atoms with Crippen molar-refractivity contribution in [2.24, 2.45) is 0 Å². The van der Waals surface area contributed by atoms with Gasteiger partial charge in [-0.25, -0.2) is 0 Å². The van der Waals surface area contributed by atoms with Crippen LogP contribution in [-0.2, 0) is 10.2 Å². The third-order valence-corrected chi connectivity index (χ3v) is 7.72. The van der Waals surface area contributed by atoms with Gasteiger partial charge < -0.3 is 10.2 Å². The summed E-state index contributed by atoms with van der Waals surface area (Å²) in [5.41, 5.74) is 4.87. The molecule has 0 saturated heterocycles. The maximum absolute atomic E-state index is 13.8. The molecule has 4 nitrogen and oxygen atoms in total. The van der Waals surface area contributed by atoms with E-state index in [9.17, 15) is 9.59 Å². The van der Waals surface area contributed by atoms with Crippen LogP contribution in [0.15, 0.2) is 78.9 Å². The molecule has 0 atom stereocenters. The Morgan fingerprint density at radius 1 is 0.784 bits per heavy atom. The van der Waals surface area contributed by atoms with E-state index in [-0.39, 0.29) is 35.6 Å². The zero-order valence-electron chi connectivity index (χ0n) is 22.7. The third-order valence-electron chi connectivity index (χ3n) is 7.72. The largest absolute Gasteiger partial charge is 0.328 e. The summed E-state index contributed by atoms with van der Waals surface area (Å²) in [4.78, 5) is 29.2. The Kier molecular flexibility index (Phi) is 8.48. The van der Waals surface area contributed by atoms with E-state index in [2.05, 4.69) is 75.5 Å². The van der Waals surface area contributed by atoms with E-state index in [0.29, 0.717) is 12.1 Å². The molecule has 4 rings (SSSR count). The van der Waals surface area contributed by atoms with Gasteiger partial charge in [0.25, 0.3) is 5.91 Å². The van der Waals surface area contributed by atoms with Crippen molar-refractivity contribution in [2.45, 2.75) is 70.6 Å². The van der Waals surface area contributed by atoms with Crippen molar-refractivity contribution in [3.8, 4) is 0 Å². The van der Waals surface area contributed by atoms with Gasteiger partial charge in [-0.3, -0.25) is 9.59 Å². The molecule has 2 amide bonds. The molecule has 4 heteroatoms. The fraction of sp³-hybridized carbons (Fsp3) is 0.394. The van der Waals surface area contributed by atoms with Gasteiger partial charge in [-0.15, -0.1) is 0 Å². The molecule has 194 valence electrons. The summed E-state index contributed by atoms with van der Waals surface area (Å²) in [6.07, 6.45) is 4.30. The van der Waals surface area contributed by atoms with Crippen LogP contribution >= 0.6 is 0 Å². The minimum atomic E-state index is -0.152. The monoisotopic (exact) mass is 496 g/mol. The number of anilines is 1. The van der Waals surface area contributed by atoms with Crippen LogP contribution in [-0.4, -0.2) is 29.8 Å². The molecule has 1 saturated carbocycles. The molecule has 0 aliphatic heterocycles. The number of hydrogen-bond acceptors (Lipinski definition) is 2. The summed E-state index contributed by atoms with van der Waals surface area (Å²) in [6.45, 7) is 9.12. The highest BCUT2D eigenvalue weighted by molar-refractivity contribution is 6.00. The molecule has 0 aromatic heterocycles. The number of amides is 2. The first-order valence-electron chi connectivity index (χ1n) is 13.6. The first-order valence-corrected chi connectivity index (χ1v) is 13.6. The highest BCUT2D eigenvalue weighted by Gasteiger charge is 2.39. The van der Waals surface area contributed by atoms with Crippen molar-refractivity contribution in [1.82, 2.24) is 4.90 Å². The number of nitrogens with one attached hydrogen (secondary N) is 1. The second-order valence-corrected chi connectivity index (χ2v) is 11.0. The number of rotatable bonds is 9. The number of nitrogens with zero attached hydrogens (tertiary/aromatic N) is 1. The SMILES string of the molecule is CC(C)c1cccc(C(C)C)c1NC(=O)CN(CC1(c2ccccc2)CCCC1)C(=O)c1ccccc1. The number of carbonyl (C=O) groups excluding carboxylic acids is 2. The molecular weight excluding hydrogens is 456 g/mol. The highest BCUT2D eigenvalue weighted by Crippen LogP contribution is 2.42. The summed E-state index contributed by atoms with van der Waals surface area (Å²) in [5, 5.41) is 3.22. The summed E-state index contributed by atoms with van der Waals surface area (Å²) < 4.78 is 0. The van der Waals surface area contributed by atoms with E-state index >= 15 is 0 Å². The Morgan fingerprint density at radius 2 is 1.32 bits per heavy atom. The predicted octanol–water partition coefficient (Wildman–Crippen LogP) is 7.53. The second-order valence-electron chi connectivity index (χ2n) is 11.0. The average molecular weight is 497 g/mol. The van der Waals surface area contributed by atoms with Crippen molar-refractivity contribution in [3.63, 3.8) is 0 Å². The molecule has 0 heterocycles. The van der Waals surface area contributed by atoms with Crippen LogP contribution < -0.4 is 5.32 Å². The molecule has 3 aromatic rings. The predicted molar refractivity (Wildman–Crippen MR) is 152 cm³/mol. The molecule has 0 spiro atoms. The molecule has 0 unspecified atom stereocenters. The van der Waals surface area contributed by atoms with Gasteiger partial charge >= 0.3 is 0 Å². The van der Waals surface area contributed by atoms with Gasteiger partial charge in [0.1, 0.15) is 6.54 Å². The van der Waals surface area contributed by atoms with Gasteiger partial charge in [-0.2, -0.15) is 0 Å². The average Bonchev–Trinajstić information content (AvgIpc) is 3.38. The number of benzene rings is 3. The van der Waals surface area contributed by atoms with E-state index in [4.69, 9.17) is 0 Å². The lowest BCUT2D eigenvalue weighted by atomic mass is 9.78. The van der Waals surface area contributed by atoms with Crippen LogP contribution in [0.3, 0.4) is 0 Å². The quantitative estimate of drug-likeness (QED) is 0.333. The van der Waals surface area contributed by atoms with Gasteiger partial charge in [0.2, 0.25) is 5.91 Å². The zero-order chi connectivity index (χ0) is 26.4. The summed E-state index contributed by atoms with van der Waals surface area (Å²) in [7, 11) is 0. The first-order chi connectivity index (χ1) is 17.8. The standard InChI is InChI=1S/C33H40N2O2/c1-24(2)28-18-13-19-29(25(3)4)31(28)34-30(36)22-35(32(37)26-14-7-5-8-15-26)23-33(20-11-12-21-33)27-16-9-6-10-17-27/h5-10,13-19,24-25H,11-12,20-23H2,1-4H3,(H,34,36). The molecular formula is C33H40N2O2. The van der Waals surface area contributed by atoms with E-state index < -0.39 is 0 Å². The lowest BCUT2D eigenvalue weighted by Gasteiger charge is -2.36. The molecule has 1 fully saturated rings. The fourth-order valence-corrected chi connectivity index (χ4v) is 5.76. The third kappa shape index (κ3) is 6.12. The second kappa shape index (κ2) is 11.8. The van der Waals surface area contributed by atoms with Gasteiger partial charge in [-0.05, 0) is 53.5 Å². The lowest BCUT2D eigenvalue weighted by molar-refractivity contribution is -0.117. The normalized spacial score (nSPS) is 14.6. The Morgan fingerprint density at radius 3 is 1.86 bits per heavy atom. The van der Waals surface area contributed by atoms with E-state index in [1.807, 2.05) is 36.4 Å². The van der Waals surface area contributed by atoms with Crippen LogP contribution in [0.2, 0.25) is 0 Å². The van der Waals surface area contributed by atoms with Crippen LogP contribution in [0.25, 0.3) is 0 Å². The summed E-state index contributed by atoms with van der Waals surface area (Å²) in [6, 6.07) is 26.1. The number of para-hydroxylation sites is 1. The maximum atomic E-state index is 13.8. The zero-order valence-corrected chi connectivity index (χ0v) is 22.7. The first kappa shape index (κ1) is 26.7. The molecule has 1 aliphatic carbocycles. The molecule has 37 heavy (non-hydrogen) atoms. The van der Waals surface area contributed by atoms with Crippen molar-refractivity contribution < 1.29 is 9.59 Å². The minimum Gasteiger partial charge on any atom is -0.328 e. The minimum absolute atomic E-state index is 0.0201. The maximum Gasteiger partial charge on any atom is 0.254 e. The van der Waals surface area contributed by atoms with Crippen LogP contribution in [0, 0.1) is 0 Å². The molecule has 1 N–H and O–H groups in total. The van der Waals surface area contributed by atoms with Crippen molar-refractivity contribution in [2.75, 3.05) is 18.4 Å². The van der Waals surface area contributed by atoms with Gasteiger partial charge in [0, 0.05) is 23.2 Å². The Labute approximate surface area is 222 Å². The smallest absolute Gasteiger partial charge is 0.254 e. The van der Waals surface area contributed by atoms with Crippen molar-refractivity contribution >= 4 is 17.5 Å². The Bertz CT molecular complexity index is 1170. The Balaban J connectivity index is 1.65. The summed E-state index contributed by atoms with van der Waals surface area (Å²) in [5.74, 6) is 0.298. The molecule has 0 bridgehead atoms. The fourth-order valence-electron chi connectivity index (χ4n) is 5.76. The van der Waals surface area contributed by atoms with Crippen LogP contribution in [0.4, 0.5) is 5.69 Å². The van der Waals surface area contributed by atoms with Gasteiger partial charge in [0.05, 0.1) is 0 Å². The van der Waals surface area contributed by atoms with E-state index in [1.165, 1.54) is 5.56 Å². The van der Waals surface area contributed by atoms with Gasteiger partial charge in [-0.1, -0.05) is 107 Å². The topological polar surface area (TPSA) is 49.4 Å². The van der Waals surface area contributed by atoms with Gasteiger partial charge in [0.15, 0.2) is 0 Å². The van der Waals surface area contributed by atoms with E-state index in [1.54, 1.807) is 4.90 Å². The Hall–Kier alpha value is -3.40. The highest BCUT2D eigenvalue weighted by atomic mass is 16.2. The van der Waals surface area contributed by atoms with Crippen LogP contribution in [0.1, 0.15) is 92.3 Å². The number of hydrogen-bond donors (Lipinski definition) is 1. The van der Waals surface area contributed by atoms with Crippen molar-refractivity contribution in [3.05, 3.63) is 101 Å². The van der Waals surface area contributed by atoms with Crippen molar-refractivity contribution in [1.29, 1.82) is 0 Å². The summed E-state index contributed by atoms with van der Waals surface area (Å²) >= 11 is 0. The molecule has 0 radical (unpaired) electrons. The lowest BCUT2D eigenvalue weighted by Crippen LogP contribution is -2.46. The molecule has 3 aromatic carbocycles. The number of carbonyl (C=O) groups is 2. The molecule has 1 aliphatic rings. The van der Waals surface area contributed by atoms with E-state index in [0.717, 1.165) is 42.5 Å².